The lowest BCUT2D eigenvalue weighted by atomic mass is 10.2. The Labute approximate surface area is 191 Å². The molecule has 4 rings (SSSR count). The Balaban J connectivity index is 1.54. The van der Waals surface area contributed by atoms with Crippen molar-refractivity contribution >= 4 is 52.2 Å². The molecule has 1 fully saturated rings. The highest BCUT2D eigenvalue weighted by atomic mass is 35.5. The number of halogens is 3. The fourth-order valence-electron chi connectivity index (χ4n) is 3.43. The van der Waals surface area contributed by atoms with E-state index in [0.717, 1.165) is 11.5 Å². The zero-order chi connectivity index (χ0) is 22.0. The molecule has 1 N–H and O–H groups in total. The summed E-state index contributed by atoms with van der Waals surface area (Å²) in [5, 5.41) is 4.25. The summed E-state index contributed by atoms with van der Waals surface area (Å²) in [5.74, 6) is 1.87. The third-order valence-corrected chi connectivity index (χ3v) is 5.85. The van der Waals surface area contributed by atoms with Gasteiger partial charge in [0.05, 0.1) is 15.7 Å². The molecule has 0 aliphatic carbocycles. The van der Waals surface area contributed by atoms with E-state index in [9.17, 15) is 4.39 Å². The topological polar surface area (TPSA) is 47.5 Å². The largest absolute Gasteiger partial charge is 0.366 e. The van der Waals surface area contributed by atoms with Gasteiger partial charge in [-0.1, -0.05) is 35.3 Å². The van der Waals surface area contributed by atoms with Crippen molar-refractivity contribution in [1.29, 1.82) is 0 Å². The fourth-order valence-corrected chi connectivity index (χ4v) is 3.73. The second-order valence-corrected chi connectivity index (χ2v) is 8.30. The number of nitrogens with one attached hydrogen (secondary N) is 1. The number of hydrogen-bond donors (Lipinski definition) is 1. The molecule has 0 atom stereocenters. The number of anilines is 5. The molecule has 2 heterocycles. The molecule has 0 unspecified atom stereocenters. The Morgan fingerprint density at radius 3 is 2.29 bits per heavy atom. The summed E-state index contributed by atoms with van der Waals surface area (Å²) in [6.07, 6.45) is 0. The summed E-state index contributed by atoms with van der Waals surface area (Å²) in [6.45, 7) is 2.76. The highest BCUT2D eigenvalue weighted by Crippen LogP contribution is 2.28. The van der Waals surface area contributed by atoms with Crippen molar-refractivity contribution in [2.45, 2.75) is 0 Å². The van der Waals surface area contributed by atoms with Gasteiger partial charge in [-0.15, -0.1) is 0 Å². The number of hydrogen-bond acceptors (Lipinski definition) is 6. The van der Waals surface area contributed by atoms with E-state index in [2.05, 4.69) is 15.1 Å². The molecule has 0 amide bonds. The molecule has 0 saturated carbocycles. The van der Waals surface area contributed by atoms with Crippen LogP contribution in [0.4, 0.5) is 33.3 Å². The summed E-state index contributed by atoms with van der Waals surface area (Å²) in [6, 6.07) is 14.1. The Morgan fingerprint density at radius 1 is 0.903 bits per heavy atom. The van der Waals surface area contributed by atoms with Gasteiger partial charge in [0.25, 0.3) is 0 Å². The molecular weight excluding hydrogens is 438 g/mol. The van der Waals surface area contributed by atoms with Crippen LogP contribution in [0.25, 0.3) is 0 Å². The molecular formula is C22H23Cl2FN6. The van der Waals surface area contributed by atoms with Gasteiger partial charge in [0, 0.05) is 52.0 Å². The Kier molecular flexibility index (Phi) is 6.34. The maximum atomic E-state index is 14.1. The van der Waals surface area contributed by atoms with Crippen LogP contribution in [0.2, 0.25) is 10.0 Å². The molecule has 9 heteroatoms. The Hall–Kier alpha value is -2.77. The maximum absolute atomic E-state index is 14.1. The monoisotopic (exact) mass is 460 g/mol. The van der Waals surface area contributed by atoms with Crippen LogP contribution in [-0.4, -0.2) is 50.2 Å². The zero-order valence-electron chi connectivity index (χ0n) is 17.3. The number of benzene rings is 2. The first-order valence-corrected chi connectivity index (χ1v) is 10.7. The van der Waals surface area contributed by atoms with E-state index in [-0.39, 0.29) is 5.82 Å². The molecule has 6 nitrogen and oxygen atoms in total. The van der Waals surface area contributed by atoms with Crippen molar-refractivity contribution in [1.82, 2.24) is 9.97 Å². The van der Waals surface area contributed by atoms with E-state index in [0.29, 0.717) is 53.7 Å². The number of para-hydroxylation sites is 1. The summed E-state index contributed by atoms with van der Waals surface area (Å²) in [7, 11) is 3.87. The SMILES string of the molecule is CN(C)c1cc(Nc2ccc(Cl)c(Cl)c2)nc(N2CCN(c3ccccc3F)CC2)n1. The van der Waals surface area contributed by atoms with Crippen LogP contribution < -0.4 is 20.0 Å². The standard InChI is InChI=1S/C22H23Cl2FN6/c1-29(2)21-14-20(26-15-7-8-16(23)17(24)13-15)27-22(28-21)31-11-9-30(10-12-31)19-6-4-3-5-18(19)25/h3-8,13-14H,9-12H2,1-2H3,(H,26,27,28). The van der Waals surface area contributed by atoms with Gasteiger partial charge in [0.15, 0.2) is 0 Å². The number of aromatic nitrogens is 2. The van der Waals surface area contributed by atoms with Crippen LogP contribution in [0.5, 0.6) is 0 Å². The first kappa shape index (κ1) is 21.5. The van der Waals surface area contributed by atoms with E-state index >= 15 is 0 Å². The van der Waals surface area contributed by atoms with E-state index in [1.54, 1.807) is 18.2 Å². The molecule has 0 bridgehead atoms. The van der Waals surface area contributed by atoms with Gasteiger partial charge in [0.2, 0.25) is 5.95 Å². The molecule has 0 spiro atoms. The predicted molar refractivity (Wildman–Crippen MR) is 127 cm³/mol. The first-order chi connectivity index (χ1) is 14.9. The normalized spacial score (nSPS) is 14.0. The average molecular weight is 461 g/mol. The molecule has 3 aromatic rings. The summed E-state index contributed by atoms with van der Waals surface area (Å²) in [5.41, 5.74) is 1.42. The van der Waals surface area contributed by atoms with Crippen molar-refractivity contribution in [3.63, 3.8) is 0 Å². The molecule has 1 aliphatic heterocycles. The minimum atomic E-state index is -0.199. The predicted octanol–water partition coefficient (Wildman–Crippen LogP) is 5.06. The third-order valence-electron chi connectivity index (χ3n) is 5.11. The second kappa shape index (κ2) is 9.16. The van der Waals surface area contributed by atoms with Crippen molar-refractivity contribution in [2.24, 2.45) is 0 Å². The second-order valence-electron chi connectivity index (χ2n) is 7.49. The molecule has 1 saturated heterocycles. The lowest BCUT2D eigenvalue weighted by Gasteiger charge is -2.36. The molecule has 0 radical (unpaired) electrons. The number of rotatable bonds is 5. The van der Waals surface area contributed by atoms with Crippen LogP contribution in [0, 0.1) is 5.82 Å². The minimum Gasteiger partial charge on any atom is -0.366 e. The quantitative estimate of drug-likeness (QED) is 0.574. The lowest BCUT2D eigenvalue weighted by molar-refractivity contribution is 0.594. The molecule has 1 aliphatic rings. The van der Waals surface area contributed by atoms with Crippen LogP contribution in [0.15, 0.2) is 48.5 Å². The Morgan fingerprint density at radius 2 is 1.61 bits per heavy atom. The van der Waals surface area contributed by atoms with E-state index in [4.69, 9.17) is 33.2 Å². The van der Waals surface area contributed by atoms with E-state index in [1.165, 1.54) is 6.07 Å². The van der Waals surface area contributed by atoms with Crippen LogP contribution >= 0.6 is 23.2 Å². The highest BCUT2D eigenvalue weighted by molar-refractivity contribution is 6.42. The van der Waals surface area contributed by atoms with Gasteiger partial charge >= 0.3 is 0 Å². The van der Waals surface area contributed by atoms with Gasteiger partial charge in [-0.2, -0.15) is 9.97 Å². The minimum absolute atomic E-state index is 0.199. The van der Waals surface area contributed by atoms with Crippen LogP contribution in [-0.2, 0) is 0 Å². The van der Waals surface area contributed by atoms with Crippen LogP contribution in [0.1, 0.15) is 0 Å². The summed E-state index contributed by atoms with van der Waals surface area (Å²) >= 11 is 12.2. The third kappa shape index (κ3) is 4.94. The fraction of sp³-hybridized carbons (Fsp3) is 0.273. The zero-order valence-corrected chi connectivity index (χ0v) is 18.8. The van der Waals surface area contributed by atoms with E-state index in [1.807, 2.05) is 43.3 Å². The molecule has 31 heavy (non-hydrogen) atoms. The summed E-state index contributed by atoms with van der Waals surface area (Å²) < 4.78 is 14.1. The number of piperazine rings is 1. The smallest absolute Gasteiger partial charge is 0.229 e. The molecule has 162 valence electrons. The van der Waals surface area contributed by atoms with E-state index < -0.39 is 0 Å². The number of nitrogens with zero attached hydrogens (tertiary/aromatic N) is 5. The molecule has 2 aromatic carbocycles. The van der Waals surface area contributed by atoms with Gasteiger partial charge in [-0.3, -0.25) is 0 Å². The van der Waals surface area contributed by atoms with Gasteiger partial charge < -0.3 is 20.0 Å². The average Bonchev–Trinajstić information content (AvgIpc) is 2.76. The maximum Gasteiger partial charge on any atom is 0.229 e. The summed E-state index contributed by atoms with van der Waals surface area (Å²) in [4.78, 5) is 15.5. The van der Waals surface area contributed by atoms with Crippen molar-refractivity contribution < 1.29 is 4.39 Å². The van der Waals surface area contributed by atoms with Gasteiger partial charge in [-0.25, -0.2) is 4.39 Å². The van der Waals surface area contributed by atoms with Gasteiger partial charge in [-0.05, 0) is 30.3 Å². The highest BCUT2D eigenvalue weighted by Gasteiger charge is 2.22. The van der Waals surface area contributed by atoms with Crippen LogP contribution in [0.3, 0.4) is 0 Å². The van der Waals surface area contributed by atoms with Gasteiger partial charge in [0.1, 0.15) is 17.5 Å². The lowest BCUT2D eigenvalue weighted by Crippen LogP contribution is -2.47. The molecule has 1 aromatic heterocycles. The first-order valence-electron chi connectivity index (χ1n) is 9.93. The van der Waals surface area contributed by atoms with Crippen molar-refractivity contribution in [3.8, 4) is 0 Å². The Bertz CT molecular complexity index is 1070. The van der Waals surface area contributed by atoms with Crippen molar-refractivity contribution in [2.75, 3.05) is 60.3 Å². The van der Waals surface area contributed by atoms with Crippen molar-refractivity contribution in [3.05, 3.63) is 64.4 Å².